The highest BCUT2D eigenvalue weighted by Crippen LogP contribution is 2.37. The fourth-order valence-corrected chi connectivity index (χ4v) is 4.38. The number of hydrogen-bond acceptors (Lipinski definition) is 6. The minimum absolute atomic E-state index is 0.0145. The predicted octanol–water partition coefficient (Wildman–Crippen LogP) is 4.07. The van der Waals surface area contributed by atoms with Gasteiger partial charge in [-0.15, -0.1) is 0 Å². The number of rotatable bonds is 5. The van der Waals surface area contributed by atoms with Crippen molar-refractivity contribution in [1.82, 2.24) is 19.5 Å². The molecule has 5 rings (SSSR count). The summed E-state index contributed by atoms with van der Waals surface area (Å²) in [5, 5.41) is 25.6. The number of nitrogens with zero attached hydrogens (tertiary/aromatic N) is 5. The van der Waals surface area contributed by atoms with Crippen molar-refractivity contribution in [3.05, 3.63) is 42.4 Å². The summed E-state index contributed by atoms with van der Waals surface area (Å²) in [6, 6.07) is 6.35. The monoisotopic (exact) mass is 514 g/mol. The number of nitrogens with one attached hydrogen (secondary N) is 1. The van der Waals surface area contributed by atoms with E-state index in [0.29, 0.717) is 27.4 Å². The first kappa shape index (κ1) is 24.4. The topological polar surface area (TPSA) is 133 Å². The Labute approximate surface area is 208 Å². The molecular weight excluding hydrogens is 493 g/mol. The van der Waals surface area contributed by atoms with Crippen molar-refractivity contribution >= 4 is 23.3 Å². The SMILES string of the molecule is N#Cc1cc(-c2ccn3nc(NC(=O)C4CC4)cc3c2)c(OC2CCN(C(=O)O)C(C(F)(F)F)C2)cn1. The van der Waals surface area contributed by atoms with E-state index < -0.39 is 30.8 Å². The van der Waals surface area contributed by atoms with E-state index in [1.807, 2.05) is 6.07 Å². The van der Waals surface area contributed by atoms with E-state index in [4.69, 9.17) is 4.74 Å². The van der Waals surface area contributed by atoms with Gasteiger partial charge in [-0.3, -0.25) is 9.69 Å². The van der Waals surface area contributed by atoms with E-state index in [0.717, 1.165) is 12.8 Å². The summed E-state index contributed by atoms with van der Waals surface area (Å²) in [5.41, 5.74) is 1.75. The van der Waals surface area contributed by atoms with Gasteiger partial charge in [0, 0.05) is 43.1 Å². The van der Waals surface area contributed by atoms with E-state index >= 15 is 0 Å². The predicted molar refractivity (Wildman–Crippen MR) is 123 cm³/mol. The molecule has 2 atom stereocenters. The largest absolute Gasteiger partial charge is 0.488 e. The number of halogens is 3. The maximum atomic E-state index is 13.5. The molecule has 10 nitrogen and oxygen atoms in total. The highest BCUT2D eigenvalue weighted by Gasteiger charge is 2.49. The number of piperidine rings is 1. The number of carbonyl (C=O) groups is 2. The highest BCUT2D eigenvalue weighted by molar-refractivity contribution is 5.93. The van der Waals surface area contributed by atoms with Crippen LogP contribution in [0.5, 0.6) is 5.75 Å². The number of fused-ring (bicyclic) bond motifs is 1. The van der Waals surface area contributed by atoms with E-state index in [-0.39, 0.29) is 36.2 Å². The molecular formula is C24H21F3N6O4. The Morgan fingerprint density at radius 2 is 2.00 bits per heavy atom. The van der Waals surface area contributed by atoms with Crippen LogP contribution in [-0.2, 0) is 4.79 Å². The summed E-state index contributed by atoms with van der Waals surface area (Å²) >= 11 is 0. The number of nitriles is 1. The van der Waals surface area contributed by atoms with Crippen LogP contribution in [0, 0.1) is 17.2 Å². The molecule has 2 N–H and O–H groups in total. The van der Waals surface area contributed by atoms with Gasteiger partial charge >= 0.3 is 12.3 Å². The number of ether oxygens (including phenoxy) is 1. The van der Waals surface area contributed by atoms with Crippen molar-refractivity contribution in [2.75, 3.05) is 11.9 Å². The lowest BCUT2D eigenvalue weighted by Crippen LogP contribution is -2.54. The van der Waals surface area contributed by atoms with Gasteiger partial charge in [-0.05, 0) is 36.6 Å². The first-order valence-electron chi connectivity index (χ1n) is 11.6. The van der Waals surface area contributed by atoms with Crippen LogP contribution in [0.15, 0.2) is 36.7 Å². The average molecular weight is 514 g/mol. The molecule has 0 radical (unpaired) electrons. The van der Waals surface area contributed by atoms with Crippen molar-refractivity contribution in [3.63, 3.8) is 0 Å². The number of aromatic nitrogens is 3. The Morgan fingerprint density at radius 1 is 1.22 bits per heavy atom. The number of carbonyl (C=O) groups excluding carboxylic acids is 1. The summed E-state index contributed by atoms with van der Waals surface area (Å²) in [6.45, 7) is -0.333. The number of alkyl halides is 3. The molecule has 0 bridgehead atoms. The van der Waals surface area contributed by atoms with Crippen LogP contribution in [0.1, 0.15) is 31.4 Å². The third-order valence-electron chi connectivity index (χ3n) is 6.43. The third-order valence-corrected chi connectivity index (χ3v) is 6.43. The molecule has 192 valence electrons. The van der Waals surface area contributed by atoms with Gasteiger partial charge in [-0.2, -0.15) is 23.5 Å². The molecule has 37 heavy (non-hydrogen) atoms. The van der Waals surface area contributed by atoms with Crippen molar-refractivity contribution in [1.29, 1.82) is 5.26 Å². The summed E-state index contributed by atoms with van der Waals surface area (Å²) in [6.07, 6.45) is -3.16. The second-order valence-electron chi connectivity index (χ2n) is 9.05. The Bertz CT molecular complexity index is 1410. The van der Waals surface area contributed by atoms with Gasteiger partial charge in [-0.25, -0.2) is 14.3 Å². The molecule has 1 aliphatic carbocycles. The van der Waals surface area contributed by atoms with Gasteiger partial charge in [0.1, 0.15) is 29.7 Å². The van der Waals surface area contributed by atoms with Crippen molar-refractivity contribution in [2.24, 2.45) is 5.92 Å². The van der Waals surface area contributed by atoms with Crippen LogP contribution >= 0.6 is 0 Å². The number of anilines is 1. The van der Waals surface area contributed by atoms with Crippen LogP contribution < -0.4 is 10.1 Å². The molecule has 2 amide bonds. The number of hydrogen-bond donors (Lipinski definition) is 2. The summed E-state index contributed by atoms with van der Waals surface area (Å²) in [7, 11) is 0. The van der Waals surface area contributed by atoms with Gasteiger partial charge < -0.3 is 15.2 Å². The number of pyridine rings is 2. The number of likely N-dealkylation sites (tertiary alicyclic amines) is 1. The van der Waals surface area contributed by atoms with Gasteiger partial charge in [0.2, 0.25) is 5.91 Å². The fraction of sp³-hybridized carbons (Fsp3) is 0.375. The third kappa shape index (κ3) is 5.13. The van der Waals surface area contributed by atoms with Gasteiger partial charge in [0.15, 0.2) is 5.82 Å². The van der Waals surface area contributed by atoms with Crippen LogP contribution in [0.25, 0.3) is 16.6 Å². The molecule has 2 fully saturated rings. The molecule has 1 aliphatic heterocycles. The lowest BCUT2D eigenvalue weighted by Gasteiger charge is -2.38. The maximum absolute atomic E-state index is 13.5. The Balaban J connectivity index is 1.42. The molecule has 1 saturated carbocycles. The first-order valence-corrected chi connectivity index (χ1v) is 11.6. The van der Waals surface area contributed by atoms with E-state index in [9.17, 15) is 33.1 Å². The normalized spacial score (nSPS) is 19.9. The van der Waals surface area contributed by atoms with Crippen LogP contribution in [0.2, 0.25) is 0 Å². The Hall–Kier alpha value is -4.34. The standard InChI is InChI=1S/C24H21F3N6O4/c25-24(26,27)20-10-17(4-5-32(20)23(35)36)37-19-12-29-15(11-28)8-18(19)14-3-6-33-16(7-14)9-21(31-33)30-22(34)13-1-2-13/h3,6-9,12-13,17,20H,1-2,4-5,10H2,(H,35,36)(H,30,31,34). The molecule has 3 aromatic rings. The van der Waals surface area contributed by atoms with E-state index in [2.05, 4.69) is 15.4 Å². The van der Waals surface area contributed by atoms with Gasteiger partial charge in [-0.1, -0.05) is 0 Å². The highest BCUT2D eigenvalue weighted by atomic mass is 19.4. The summed E-state index contributed by atoms with van der Waals surface area (Å²) in [5.74, 6) is 0.486. The second-order valence-corrected chi connectivity index (χ2v) is 9.05. The molecule has 4 heterocycles. The second kappa shape index (κ2) is 9.27. The zero-order chi connectivity index (χ0) is 26.3. The van der Waals surface area contributed by atoms with Crippen LogP contribution in [0.4, 0.5) is 23.8 Å². The average Bonchev–Trinajstić information content (AvgIpc) is 3.64. The molecule has 2 aliphatic rings. The maximum Gasteiger partial charge on any atom is 0.409 e. The number of amides is 2. The van der Waals surface area contributed by atoms with Crippen molar-refractivity contribution in [3.8, 4) is 22.9 Å². The summed E-state index contributed by atoms with van der Waals surface area (Å²) in [4.78, 5) is 27.8. The molecule has 0 spiro atoms. The minimum Gasteiger partial charge on any atom is -0.488 e. The van der Waals surface area contributed by atoms with Crippen molar-refractivity contribution < 1.29 is 32.6 Å². The smallest absolute Gasteiger partial charge is 0.409 e. The molecule has 3 aromatic heterocycles. The molecule has 0 aromatic carbocycles. The van der Waals surface area contributed by atoms with Crippen LogP contribution in [-0.4, -0.2) is 61.5 Å². The molecule has 1 saturated heterocycles. The van der Waals surface area contributed by atoms with E-state index in [1.54, 1.807) is 28.9 Å². The Kier molecular flexibility index (Phi) is 6.10. The van der Waals surface area contributed by atoms with Crippen LogP contribution in [0.3, 0.4) is 0 Å². The lowest BCUT2D eigenvalue weighted by molar-refractivity contribution is -0.191. The zero-order valence-electron chi connectivity index (χ0n) is 19.3. The minimum atomic E-state index is -4.74. The van der Waals surface area contributed by atoms with Gasteiger partial charge in [0.25, 0.3) is 0 Å². The fourth-order valence-electron chi connectivity index (χ4n) is 4.38. The Morgan fingerprint density at radius 3 is 2.68 bits per heavy atom. The summed E-state index contributed by atoms with van der Waals surface area (Å²) < 4.78 is 48.1. The number of carboxylic acid groups (broad SMARTS) is 1. The quantitative estimate of drug-likeness (QED) is 0.524. The zero-order valence-corrected chi connectivity index (χ0v) is 19.3. The molecule has 13 heteroatoms. The van der Waals surface area contributed by atoms with E-state index in [1.165, 1.54) is 12.3 Å². The van der Waals surface area contributed by atoms with Crippen molar-refractivity contribution in [2.45, 2.75) is 44.0 Å². The molecule has 2 unspecified atom stereocenters. The first-order chi connectivity index (χ1) is 17.6. The van der Waals surface area contributed by atoms with Gasteiger partial charge in [0.05, 0.1) is 11.7 Å². The lowest BCUT2D eigenvalue weighted by atomic mass is 9.98.